The molecule has 2 aromatic rings. The Hall–Kier alpha value is -3.27. The normalized spacial score (nSPS) is 12.1. The fourth-order valence-electron chi connectivity index (χ4n) is 2.82. The molecule has 4 heteroatoms. The van der Waals surface area contributed by atoms with Gasteiger partial charge in [0.15, 0.2) is 5.78 Å². The number of carbonyl (C=O) groups is 1. The molecule has 0 spiro atoms. The van der Waals surface area contributed by atoms with E-state index in [1.54, 1.807) is 62.1 Å². The molecule has 0 atom stereocenters. The van der Waals surface area contributed by atoms with Gasteiger partial charge in [0.2, 0.25) is 0 Å². The summed E-state index contributed by atoms with van der Waals surface area (Å²) in [6.45, 7) is 10.1. The van der Waals surface area contributed by atoms with E-state index in [1.807, 2.05) is 32.1 Å². The molecule has 0 amide bonds. The molecular formula is C26H30O4. The van der Waals surface area contributed by atoms with Gasteiger partial charge in [0, 0.05) is 22.8 Å². The molecule has 0 aliphatic rings. The number of hydrogen-bond acceptors (Lipinski definition) is 4. The highest BCUT2D eigenvalue weighted by Crippen LogP contribution is 2.37. The van der Waals surface area contributed by atoms with Gasteiger partial charge >= 0.3 is 0 Å². The van der Waals surface area contributed by atoms with Gasteiger partial charge in [-0.3, -0.25) is 4.79 Å². The number of rotatable bonds is 8. The van der Waals surface area contributed by atoms with Gasteiger partial charge < -0.3 is 14.2 Å². The van der Waals surface area contributed by atoms with E-state index in [1.165, 1.54) is 0 Å². The molecule has 0 bridgehead atoms. The van der Waals surface area contributed by atoms with Gasteiger partial charge in [0.05, 0.1) is 19.6 Å². The summed E-state index contributed by atoms with van der Waals surface area (Å²) >= 11 is 0. The molecule has 0 radical (unpaired) electrons. The van der Waals surface area contributed by atoms with Crippen molar-refractivity contribution in [1.29, 1.82) is 0 Å². The van der Waals surface area contributed by atoms with E-state index >= 15 is 0 Å². The Kier molecular flexibility index (Phi) is 8.05. The third kappa shape index (κ3) is 6.11. The molecule has 0 heterocycles. The maximum atomic E-state index is 12.6. The highest BCUT2D eigenvalue weighted by atomic mass is 16.5. The van der Waals surface area contributed by atoms with Crippen LogP contribution in [0.15, 0.2) is 67.2 Å². The molecule has 2 rings (SSSR count). The van der Waals surface area contributed by atoms with Crippen molar-refractivity contribution in [2.75, 3.05) is 7.11 Å². The number of benzene rings is 2. The number of methoxy groups -OCH3 is 1. The Morgan fingerprint density at radius 2 is 1.53 bits per heavy atom. The number of ketones is 1. The van der Waals surface area contributed by atoms with Crippen LogP contribution in [0.1, 0.15) is 56.1 Å². The Balaban J connectivity index is 2.33. The van der Waals surface area contributed by atoms with Crippen molar-refractivity contribution in [3.05, 3.63) is 83.8 Å². The van der Waals surface area contributed by atoms with Crippen molar-refractivity contribution >= 4 is 11.9 Å². The Morgan fingerprint density at radius 3 is 2.10 bits per heavy atom. The van der Waals surface area contributed by atoms with E-state index in [9.17, 15) is 4.79 Å². The van der Waals surface area contributed by atoms with E-state index < -0.39 is 0 Å². The van der Waals surface area contributed by atoms with Crippen LogP contribution in [0.4, 0.5) is 0 Å². The smallest absolute Gasteiger partial charge is 0.185 e. The summed E-state index contributed by atoms with van der Waals surface area (Å²) in [6, 6.07) is 10.9. The molecular weight excluding hydrogens is 376 g/mol. The quantitative estimate of drug-likeness (QED) is 0.277. The minimum absolute atomic E-state index is 0.0961. The number of carbonyl (C=O) groups excluding carboxylic acids is 1. The van der Waals surface area contributed by atoms with Crippen molar-refractivity contribution in [1.82, 2.24) is 0 Å². The van der Waals surface area contributed by atoms with E-state index in [0.717, 1.165) is 16.9 Å². The maximum absolute atomic E-state index is 12.6. The second kappa shape index (κ2) is 10.5. The van der Waals surface area contributed by atoms with Crippen LogP contribution in [-0.4, -0.2) is 12.9 Å². The van der Waals surface area contributed by atoms with Crippen molar-refractivity contribution < 1.29 is 19.0 Å². The summed E-state index contributed by atoms with van der Waals surface area (Å²) < 4.78 is 16.7. The first-order valence-electron chi connectivity index (χ1n) is 9.90. The van der Waals surface area contributed by atoms with Gasteiger partial charge in [0.1, 0.15) is 17.2 Å². The second-order valence-corrected chi connectivity index (χ2v) is 7.74. The molecule has 0 aliphatic carbocycles. The highest BCUT2D eigenvalue weighted by Gasteiger charge is 2.21. The van der Waals surface area contributed by atoms with E-state index in [-0.39, 0.29) is 11.2 Å². The van der Waals surface area contributed by atoms with E-state index in [4.69, 9.17) is 14.2 Å². The van der Waals surface area contributed by atoms with Crippen LogP contribution in [0, 0.1) is 0 Å². The highest BCUT2D eigenvalue weighted by molar-refractivity contribution is 6.07. The molecule has 0 unspecified atom stereocenters. The summed E-state index contributed by atoms with van der Waals surface area (Å²) in [6.07, 6.45) is 10.2. The van der Waals surface area contributed by atoms with E-state index in [2.05, 4.69) is 20.8 Å². The monoisotopic (exact) mass is 406 g/mol. The fourth-order valence-corrected chi connectivity index (χ4v) is 2.82. The first kappa shape index (κ1) is 23.0. The molecule has 4 nitrogen and oxygen atoms in total. The third-order valence-electron chi connectivity index (χ3n) is 4.36. The zero-order valence-electron chi connectivity index (χ0n) is 18.6. The molecule has 30 heavy (non-hydrogen) atoms. The van der Waals surface area contributed by atoms with Gasteiger partial charge in [-0.1, -0.05) is 32.9 Å². The first-order chi connectivity index (χ1) is 14.3. The average molecular weight is 407 g/mol. The molecule has 0 N–H and O–H groups in total. The molecule has 2 aromatic carbocycles. The second-order valence-electron chi connectivity index (χ2n) is 7.74. The lowest BCUT2D eigenvalue weighted by molar-refractivity contribution is 0.104. The van der Waals surface area contributed by atoms with Crippen LogP contribution in [0.3, 0.4) is 0 Å². The lowest BCUT2D eigenvalue weighted by Crippen LogP contribution is -2.13. The number of allylic oxidation sites excluding steroid dienone is 3. The SMILES string of the molecule is C/C=C/Oc1ccc(C(=O)/C=C/c2cc(C(C)(C)C)c(O/C=C/C)cc2OC)cc1. The Labute approximate surface area is 179 Å². The maximum Gasteiger partial charge on any atom is 0.185 e. The molecule has 0 aliphatic heterocycles. The van der Waals surface area contributed by atoms with Crippen LogP contribution in [0.5, 0.6) is 17.2 Å². The predicted molar refractivity (Wildman–Crippen MR) is 122 cm³/mol. The summed E-state index contributed by atoms with van der Waals surface area (Å²) in [7, 11) is 1.61. The minimum atomic E-state index is -0.140. The fraction of sp³-hybridized carbons (Fsp3) is 0.269. The van der Waals surface area contributed by atoms with Crippen molar-refractivity contribution in [3.8, 4) is 17.2 Å². The van der Waals surface area contributed by atoms with Crippen molar-refractivity contribution in [2.24, 2.45) is 0 Å². The third-order valence-corrected chi connectivity index (χ3v) is 4.36. The molecule has 0 saturated heterocycles. The topological polar surface area (TPSA) is 44.8 Å². The van der Waals surface area contributed by atoms with E-state index in [0.29, 0.717) is 17.1 Å². The van der Waals surface area contributed by atoms with Gasteiger partial charge in [-0.05, 0) is 61.7 Å². The molecule has 0 saturated carbocycles. The molecule has 0 aromatic heterocycles. The Morgan fingerprint density at radius 1 is 0.900 bits per heavy atom. The van der Waals surface area contributed by atoms with Gasteiger partial charge in [0.25, 0.3) is 0 Å². The van der Waals surface area contributed by atoms with Gasteiger partial charge in [-0.25, -0.2) is 0 Å². The number of ether oxygens (including phenoxy) is 3. The van der Waals surface area contributed by atoms with Crippen molar-refractivity contribution in [3.63, 3.8) is 0 Å². The zero-order valence-corrected chi connectivity index (χ0v) is 18.6. The summed E-state index contributed by atoms with van der Waals surface area (Å²) in [5.41, 5.74) is 2.29. The lowest BCUT2D eigenvalue weighted by Gasteiger charge is -2.23. The molecule has 158 valence electrons. The van der Waals surface area contributed by atoms with Crippen LogP contribution < -0.4 is 14.2 Å². The van der Waals surface area contributed by atoms with Crippen LogP contribution >= 0.6 is 0 Å². The largest absolute Gasteiger partial charge is 0.496 e. The predicted octanol–water partition coefficient (Wildman–Crippen LogP) is 6.71. The summed E-state index contributed by atoms with van der Waals surface area (Å²) in [5, 5.41) is 0. The summed E-state index contributed by atoms with van der Waals surface area (Å²) in [4.78, 5) is 12.6. The van der Waals surface area contributed by atoms with Crippen LogP contribution in [0.25, 0.3) is 6.08 Å². The first-order valence-corrected chi connectivity index (χ1v) is 9.90. The van der Waals surface area contributed by atoms with Gasteiger partial charge in [-0.15, -0.1) is 0 Å². The molecule has 0 fully saturated rings. The van der Waals surface area contributed by atoms with Gasteiger partial charge in [-0.2, -0.15) is 0 Å². The summed E-state index contributed by atoms with van der Waals surface area (Å²) in [5.74, 6) is 1.96. The lowest BCUT2D eigenvalue weighted by atomic mass is 9.85. The van der Waals surface area contributed by atoms with Crippen LogP contribution in [-0.2, 0) is 5.41 Å². The van der Waals surface area contributed by atoms with Crippen LogP contribution in [0.2, 0.25) is 0 Å². The number of hydrogen-bond donors (Lipinski definition) is 0. The van der Waals surface area contributed by atoms with Crippen molar-refractivity contribution in [2.45, 2.75) is 40.0 Å². The zero-order chi connectivity index (χ0) is 22.1. The minimum Gasteiger partial charge on any atom is -0.496 e. The Bertz CT molecular complexity index is 942. The standard InChI is InChI=1S/C26H30O4/c1-7-15-29-21-12-9-19(10-13-21)23(27)14-11-20-17-22(26(3,4)5)25(30-16-8-2)18-24(20)28-6/h7-18H,1-6H3/b14-11+,15-7+,16-8+. The average Bonchev–Trinajstić information content (AvgIpc) is 2.73.